The van der Waals surface area contributed by atoms with Gasteiger partial charge in [0.2, 0.25) is 0 Å². The van der Waals surface area contributed by atoms with Gasteiger partial charge in [-0.05, 0) is 65.0 Å². The Bertz CT molecular complexity index is 1350. The highest BCUT2D eigenvalue weighted by molar-refractivity contribution is 7.98. The molecule has 1 saturated carbocycles. The number of aromatic amines is 1. The maximum absolute atomic E-state index is 15.4. The second-order valence-corrected chi connectivity index (χ2v) is 11.1. The molecule has 1 aliphatic heterocycles. The molecule has 1 aliphatic carbocycles. The van der Waals surface area contributed by atoms with Crippen LogP contribution in [0.3, 0.4) is 0 Å². The molecule has 3 aromatic rings. The van der Waals surface area contributed by atoms with E-state index in [9.17, 15) is 9.59 Å². The topological polar surface area (TPSA) is 70.1 Å². The normalized spacial score (nSPS) is 21.6. The van der Waals surface area contributed by atoms with Crippen molar-refractivity contribution < 1.29 is 9.18 Å². The number of hydrogen-bond acceptors (Lipinski definition) is 4. The fourth-order valence-electron chi connectivity index (χ4n) is 5.95. The van der Waals surface area contributed by atoms with Crippen LogP contribution < -0.4 is 10.9 Å². The Balaban J connectivity index is 1.43. The van der Waals surface area contributed by atoms with E-state index in [1.54, 1.807) is 0 Å². The first-order chi connectivity index (χ1) is 17.3. The molecule has 1 unspecified atom stereocenters. The van der Waals surface area contributed by atoms with Crippen LogP contribution in [0.15, 0.2) is 40.0 Å². The lowest BCUT2D eigenvalue weighted by Crippen LogP contribution is -2.45. The van der Waals surface area contributed by atoms with Crippen LogP contribution in [0.25, 0.3) is 10.9 Å². The monoisotopic (exact) mass is 510 g/mol. The Morgan fingerprint density at radius 2 is 2.00 bits per heavy atom. The van der Waals surface area contributed by atoms with Crippen molar-refractivity contribution in [2.24, 2.45) is 5.92 Å². The van der Waals surface area contributed by atoms with Crippen LogP contribution in [-0.2, 0) is 6.54 Å². The molecule has 0 spiro atoms. The first-order valence-electron chi connectivity index (χ1n) is 12.8. The number of hydrogen-bond donors (Lipinski definition) is 2. The second kappa shape index (κ2) is 10.1. The van der Waals surface area contributed by atoms with Gasteiger partial charge in [-0.25, -0.2) is 4.39 Å². The lowest BCUT2D eigenvalue weighted by molar-refractivity contribution is 0.0561. The fraction of sp³-hybridized carbons (Fsp3) is 0.500. The summed E-state index contributed by atoms with van der Waals surface area (Å²) in [5.74, 6) is -0.317. The summed E-state index contributed by atoms with van der Waals surface area (Å²) < 4.78 is 17.5. The molecule has 0 radical (unpaired) electrons. The molecule has 0 bridgehead atoms. The van der Waals surface area contributed by atoms with Crippen molar-refractivity contribution in [1.82, 2.24) is 19.8 Å². The van der Waals surface area contributed by atoms with E-state index < -0.39 is 6.17 Å². The number of nitrogens with zero attached hydrogens (tertiary/aromatic N) is 2. The van der Waals surface area contributed by atoms with Gasteiger partial charge in [-0.2, -0.15) is 0 Å². The average Bonchev–Trinajstić information content (AvgIpc) is 3.65. The number of aromatic nitrogens is 2. The standard InChI is InChI=1S/C28H35FN4O2S/c1-16-13-25(36-4)22(27(34)31-16)14-30-28(35)26-18(3)33(24-8-6-5-7-21(24)26)17(2)20-11-12-32(15-23(20)29)19-9-10-19/h5-8,13,17,19-20,23H,9-12,14-15H2,1-4H3,(H,30,35)(H,31,34)/t17?,20-,23-/m1/s1. The van der Waals surface area contributed by atoms with Crippen molar-refractivity contribution in [3.63, 3.8) is 0 Å². The van der Waals surface area contributed by atoms with Gasteiger partial charge in [-0.15, -0.1) is 11.8 Å². The summed E-state index contributed by atoms with van der Waals surface area (Å²) in [7, 11) is 0. The fourth-order valence-corrected chi connectivity index (χ4v) is 6.65. The van der Waals surface area contributed by atoms with E-state index >= 15 is 4.39 Å². The third kappa shape index (κ3) is 4.61. The first kappa shape index (κ1) is 25.1. The third-order valence-electron chi connectivity index (χ3n) is 7.97. The molecule has 192 valence electrons. The second-order valence-electron chi connectivity index (χ2n) is 10.3. The zero-order chi connectivity index (χ0) is 25.6. The van der Waals surface area contributed by atoms with E-state index in [4.69, 9.17) is 0 Å². The highest BCUT2D eigenvalue weighted by Crippen LogP contribution is 2.39. The van der Waals surface area contributed by atoms with Crippen molar-refractivity contribution >= 4 is 28.6 Å². The van der Waals surface area contributed by atoms with Crippen LogP contribution in [0.1, 0.15) is 59.5 Å². The summed E-state index contributed by atoms with van der Waals surface area (Å²) in [5, 5.41) is 3.84. The number of H-pyrrole nitrogens is 1. The Morgan fingerprint density at radius 1 is 1.25 bits per heavy atom. The molecule has 8 heteroatoms. The molecule has 3 atom stereocenters. The minimum absolute atomic E-state index is 0.0733. The van der Waals surface area contributed by atoms with E-state index in [0.29, 0.717) is 23.7 Å². The number of benzene rings is 1. The number of aryl methyl sites for hydroxylation is 1. The summed E-state index contributed by atoms with van der Waals surface area (Å²) in [6.45, 7) is 7.47. The smallest absolute Gasteiger partial charge is 0.254 e. The molecule has 3 heterocycles. The molecule has 1 saturated heterocycles. The Morgan fingerprint density at radius 3 is 2.69 bits per heavy atom. The molecule has 1 amide bonds. The van der Waals surface area contributed by atoms with Gasteiger partial charge in [-0.3, -0.25) is 14.5 Å². The van der Waals surface area contributed by atoms with Crippen molar-refractivity contribution in [3.05, 3.63) is 63.2 Å². The molecule has 6 nitrogen and oxygen atoms in total. The van der Waals surface area contributed by atoms with Crippen molar-refractivity contribution in [1.29, 1.82) is 0 Å². The molecule has 2 fully saturated rings. The van der Waals surface area contributed by atoms with Gasteiger partial charge in [-0.1, -0.05) is 18.2 Å². The number of para-hydroxylation sites is 1. The number of halogens is 1. The summed E-state index contributed by atoms with van der Waals surface area (Å²) in [5.41, 5.74) is 3.54. The molecule has 36 heavy (non-hydrogen) atoms. The summed E-state index contributed by atoms with van der Waals surface area (Å²) >= 11 is 1.49. The average molecular weight is 511 g/mol. The van der Waals surface area contributed by atoms with Gasteiger partial charge in [0.05, 0.1) is 5.56 Å². The van der Waals surface area contributed by atoms with Crippen molar-refractivity contribution in [2.45, 2.75) is 69.7 Å². The van der Waals surface area contributed by atoms with E-state index in [2.05, 4.69) is 26.7 Å². The number of fused-ring (bicyclic) bond motifs is 1. The Hall–Kier alpha value is -2.58. The summed E-state index contributed by atoms with van der Waals surface area (Å²) in [6, 6.07) is 10.3. The third-order valence-corrected chi connectivity index (χ3v) is 8.78. The number of amides is 1. The molecule has 2 aromatic heterocycles. The molecular weight excluding hydrogens is 475 g/mol. The van der Waals surface area contributed by atoms with Crippen LogP contribution in [0.2, 0.25) is 0 Å². The largest absolute Gasteiger partial charge is 0.348 e. The number of rotatable bonds is 7. The molecule has 2 aliphatic rings. The predicted molar refractivity (Wildman–Crippen MR) is 144 cm³/mol. The van der Waals surface area contributed by atoms with Crippen LogP contribution >= 0.6 is 11.8 Å². The van der Waals surface area contributed by atoms with E-state index in [-0.39, 0.29) is 30.0 Å². The number of carbonyl (C=O) groups is 1. The van der Waals surface area contributed by atoms with Crippen molar-refractivity contribution in [2.75, 3.05) is 19.3 Å². The van der Waals surface area contributed by atoms with Crippen LogP contribution in [0.4, 0.5) is 4.39 Å². The van der Waals surface area contributed by atoms with Crippen LogP contribution in [0, 0.1) is 19.8 Å². The molecular formula is C28H35FN4O2S. The zero-order valence-electron chi connectivity index (χ0n) is 21.4. The lowest BCUT2D eigenvalue weighted by Gasteiger charge is -2.38. The number of alkyl halides is 1. The van der Waals surface area contributed by atoms with Crippen LogP contribution in [-0.4, -0.2) is 51.9 Å². The minimum atomic E-state index is -0.884. The highest BCUT2D eigenvalue weighted by atomic mass is 32.2. The summed E-state index contributed by atoms with van der Waals surface area (Å²) in [4.78, 5) is 32.1. The SMILES string of the molecule is CSc1cc(C)[nH]c(=O)c1CNC(=O)c1c(C)n(C(C)[C@H]2CCN(C3CC3)C[C@H]2F)c2ccccc12. The number of likely N-dealkylation sites (tertiary alicyclic amines) is 1. The van der Waals surface area contributed by atoms with Gasteiger partial charge in [0.15, 0.2) is 0 Å². The number of carbonyl (C=O) groups excluding carboxylic acids is 1. The quantitative estimate of drug-likeness (QED) is 0.440. The number of piperidine rings is 1. The maximum Gasteiger partial charge on any atom is 0.254 e. The summed E-state index contributed by atoms with van der Waals surface area (Å²) in [6.07, 6.45) is 4.25. The van der Waals surface area contributed by atoms with E-state index in [1.807, 2.05) is 50.4 Å². The Kier molecular flexibility index (Phi) is 7.01. The minimum Gasteiger partial charge on any atom is -0.348 e. The van der Waals surface area contributed by atoms with Crippen molar-refractivity contribution in [3.8, 4) is 0 Å². The Labute approximate surface area is 215 Å². The van der Waals surface area contributed by atoms with Gasteiger partial charge in [0, 0.05) is 63.8 Å². The number of nitrogens with one attached hydrogen (secondary N) is 2. The van der Waals surface area contributed by atoms with Crippen LogP contribution in [0.5, 0.6) is 0 Å². The molecule has 5 rings (SSSR count). The number of pyridine rings is 1. The first-order valence-corrected chi connectivity index (χ1v) is 14.0. The van der Waals surface area contributed by atoms with Gasteiger partial charge < -0.3 is 14.9 Å². The van der Waals surface area contributed by atoms with Gasteiger partial charge >= 0.3 is 0 Å². The maximum atomic E-state index is 15.4. The molecule has 2 N–H and O–H groups in total. The lowest BCUT2D eigenvalue weighted by atomic mass is 9.88. The predicted octanol–water partition coefficient (Wildman–Crippen LogP) is 4.98. The van der Waals surface area contributed by atoms with Gasteiger partial charge in [0.1, 0.15) is 6.17 Å². The number of thioether (sulfide) groups is 1. The molecule has 1 aromatic carbocycles. The van der Waals surface area contributed by atoms with E-state index in [0.717, 1.165) is 40.2 Å². The zero-order valence-corrected chi connectivity index (χ0v) is 22.3. The van der Waals surface area contributed by atoms with Gasteiger partial charge in [0.25, 0.3) is 11.5 Å². The highest BCUT2D eigenvalue weighted by Gasteiger charge is 2.40. The van der Waals surface area contributed by atoms with E-state index in [1.165, 1.54) is 24.6 Å².